The molecule has 0 saturated carbocycles. The van der Waals surface area contributed by atoms with E-state index in [0.29, 0.717) is 5.02 Å². The maximum absolute atomic E-state index is 12.2. The van der Waals surface area contributed by atoms with E-state index in [1.165, 1.54) is 18.2 Å². The fraction of sp³-hybridized carbons (Fsp3) is 0.0625. The van der Waals surface area contributed by atoms with Crippen molar-refractivity contribution in [3.63, 3.8) is 0 Å². The number of carbonyl (C=O) groups excluding carboxylic acids is 1. The molecule has 5 nitrogen and oxygen atoms in total. The second-order valence-corrected chi connectivity index (χ2v) is 6.11. The van der Waals surface area contributed by atoms with Gasteiger partial charge in [-0.1, -0.05) is 34.8 Å². The summed E-state index contributed by atoms with van der Waals surface area (Å²) >= 11 is 17.1. The molecule has 0 aliphatic rings. The van der Waals surface area contributed by atoms with E-state index in [-0.39, 0.29) is 26.9 Å². The number of anilines is 1. The second-order valence-electron chi connectivity index (χ2n) is 4.89. The third-order valence-electron chi connectivity index (χ3n) is 3.06. The number of amides is 1. The molecule has 2 aromatic carbocycles. The Morgan fingerprint density at radius 2 is 1.75 bits per heavy atom. The molecule has 0 aliphatic heterocycles. The SMILES string of the molecule is Cc1ccc(Cl)c(C(=O)NC(=S)Nc2cc(C(=O)O)ccc2Cl)c1. The molecule has 0 atom stereocenters. The first-order chi connectivity index (χ1) is 11.3. The van der Waals surface area contributed by atoms with Gasteiger partial charge >= 0.3 is 5.97 Å². The Labute approximate surface area is 153 Å². The summed E-state index contributed by atoms with van der Waals surface area (Å²) in [6, 6.07) is 9.16. The fourth-order valence-corrected chi connectivity index (χ4v) is 2.46. The van der Waals surface area contributed by atoms with Crippen LogP contribution in [0.1, 0.15) is 26.3 Å². The van der Waals surface area contributed by atoms with Crippen LogP contribution in [0.15, 0.2) is 36.4 Å². The van der Waals surface area contributed by atoms with E-state index in [1.807, 2.05) is 6.92 Å². The molecule has 24 heavy (non-hydrogen) atoms. The zero-order chi connectivity index (χ0) is 17.9. The van der Waals surface area contributed by atoms with Gasteiger partial charge in [-0.05, 0) is 49.5 Å². The molecule has 0 aromatic heterocycles. The first-order valence-corrected chi connectivity index (χ1v) is 7.85. The minimum atomic E-state index is -1.10. The number of rotatable bonds is 3. The van der Waals surface area contributed by atoms with E-state index < -0.39 is 11.9 Å². The summed E-state index contributed by atoms with van der Waals surface area (Å²) in [6.07, 6.45) is 0. The van der Waals surface area contributed by atoms with Crippen LogP contribution in [0, 0.1) is 6.92 Å². The van der Waals surface area contributed by atoms with E-state index >= 15 is 0 Å². The number of aromatic carboxylic acids is 1. The number of thiocarbonyl (C=S) groups is 1. The number of carboxylic acid groups (broad SMARTS) is 1. The van der Waals surface area contributed by atoms with Gasteiger partial charge in [0.2, 0.25) is 0 Å². The second kappa shape index (κ2) is 7.61. The summed E-state index contributed by atoms with van der Waals surface area (Å²) in [6.45, 7) is 1.83. The molecule has 0 spiro atoms. The van der Waals surface area contributed by atoms with Gasteiger partial charge in [0.1, 0.15) is 0 Å². The van der Waals surface area contributed by atoms with Gasteiger partial charge in [-0.25, -0.2) is 4.79 Å². The van der Waals surface area contributed by atoms with Crippen molar-refractivity contribution in [3.05, 3.63) is 63.1 Å². The first kappa shape index (κ1) is 18.2. The predicted octanol–water partition coefficient (Wildman–Crippen LogP) is 4.13. The average molecular weight is 383 g/mol. The standard InChI is InChI=1S/C16H12Cl2N2O3S/c1-8-2-4-11(17)10(6-8)14(21)20-16(24)19-13-7-9(15(22)23)3-5-12(13)18/h2-7H,1H3,(H,22,23)(H2,19,20,21,24). The van der Waals surface area contributed by atoms with Crippen molar-refractivity contribution in [3.8, 4) is 0 Å². The highest BCUT2D eigenvalue weighted by Crippen LogP contribution is 2.23. The Balaban J connectivity index is 2.13. The van der Waals surface area contributed by atoms with Gasteiger partial charge in [0, 0.05) is 0 Å². The Morgan fingerprint density at radius 3 is 2.42 bits per heavy atom. The Morgan fingerprint density at radius 1 is 1.08 bits per heavy atom. The first-order valence-electron chi connectivity index (χ1n) is 6.69. The number of benzene rings is 2. The Kier molecular flexibility index (Phi) is 5.77. The molecule has 0 fully saturated rings. The summed E-state index contributed by atoms with van der Waals surface area (Å²) < 4.78 is 0. The average Bonchev–Trinajstić information content (AvgIpc) is 2.51. The highest BCUT2D eigenvalue weighted by Gasteiger charge is 2.14. The highest BCUT2D eigenvalue weighted by atomic mass is 35.5. The van der Waals surface area contributed by atoms with Gasteiger partial charge in [-0.15, -0.1) is 0 Å². The molecule has 0 saturated heterocycles. The van der Waals surface area contributed by atoms with Gasteiger partial charge in [-0.2, -0.15) is 0 Å². The molecule has 2 aromatic rings. The molecular weight excluding hydrogens is 371 g/mol. The number of halogens is 2. The van der Waals surface area contributed by atoms with Gasteiger partial charge in [0.05, 0.1) is 26.9 Å². The topological polar surface area (TPSA) is 78.4 Å². The third kappa shape index (κ3) is 4.44. The summed E-state index contributed by atoms with van der Waals surface area (Å²) in [5.41, 5.74) is 1.47. The largest absolute Gasteiger partial charge is 0.478 e. The minimum Gasteiger partial charge on any atom is -0.478 e. The molecule has 0 unspecified atom stereocenters. The predicted molar refractivity (Wildman–Crippen MR) is 98.3 cm³/mol. The lowest BCUT2D eigenvalue weighted by molar-refractivity contribution is 0.0696. The van der Waals surface area contributed by atoms with Crippen molar-refractivity contribution in [2.75, 3.05) is 5.32 Å². The molecular formula is C16H12Cl2N2O3S. The van der Waals surface area contributed by atoms with E-state index in [9.17, 15) is 9.59 Å². The van der Waals surface area contributed by atoms with Crippen molar-refractivity contribution in [1.29, 1.82) is 0 Å². The van der Waals surface area contributed by atoms with Crippen LogP contribution in [-0.4, -0.2) is 22.1 Å². The van der Waals surface area contributed by atoms with Gasteiger partial charge in [0.25, 0.3) is 5.91 Å². The fourth-order valence-electron chi connectivity index (χ4n) is 1.89. The number of nitrogens with one attached hydrogen (secondary N) is 2. The van der Waals surface area contributed by atoms with E-state index in [2.05, 4.69) is 10.6 Å². The summed E-state index contributed by atoms with van der Waals surface area (Å²) in [7, 11) is 0. The van der Waals surface area contributed by atoms with Crippen molar-refractivity contribution >= 4 is 58.1 Å². The van der Waals surface area contributed by atoms with Crippen LogP contribution in [0.2, 0.25) is 10.0 Å². The monoisotopic (exact) mass is 382 g/mol. The summed E-state index contributed by atoms with van der Waals surface area (Å²) in [5.74, 6) is -1.58. The van der Waals surface area contributed by atoms with Crippen molar-refractivity contribution < 1.29 is 14.7 Å². The van der Waals surface area contributed by atoms with E-state index in [0.717, 1.165) is 5.56 Å². The van der Waals surface area contributed by atoms with Crippen molar-refractivity contribution in [2.24, 2.45) is 0 Å². The molecule has 0 aliphatic carbocycles. The molecule has 8 heteroatoms. The van der Waals surface area contributed by atoms with E-state index in [1.54, 1.807) is 18.2 Å². The van der Waals surface area contributed by atoms with Crippen molar-refractivity contribution in [2.45, 2.75) is 6.92 Å². The van der Waals surface area contributed by atoms with Crippen LogP contribution in [0.5, 0.6) is 0 Å². The van der Waals surface area contributed by atoms with Gasteiger partial charge in [0.15, 0.2) is 5.11 Å². The molecule has 0 bridgehead atoms. The Hall–Kier alpha value is -2.15. The minimum absolute atomic E-state index is 0.0259. The highest BCUT2D eigenvalue weighted by molar-refractivity contribution is 7.80. The third-order valence-corrected chi connectivity index (χ3v) is 3.92. The molecule has 0 radical (unpaired) electrons. The molecule has 124 valence electrons. The van der Waals surface area contributed by atoms with Gasteiger partial charge in [-0.3, -0.25) is 10.1 Å². The van der Waals surface area contributed by atoms with Crippen LogP contribution in [0.4, 0.5) is 5.69 Å². The lowest BCUT2D eigenvalue weighted by Crippen LogP contribution is -2.34. The summed E-state index contributed by atoms with van der Waals surface area (Å²) in [5, 5.41) is 14.7. The zero-order valence-electron chi connectivity index (χ0n) is 12.4. The van der Waals surface area contributed by atoms with Crippen LogP contribution >= 0.6 is 35.4 Å². The lowest BCUT2D eigenvalue weighted by Gasteiger charge is -2.12. The maximum atomic E-state index is 12.2. The number of carbonyl (C=O) groups is 2. The van der Waals surface area contributed by atoms with E-state index in [4.69, 9.17) is 40.5 Å². The number of hydrogen-bond acceptors (Lipinski definition) is 3. The van der Waals surface area contributed by atoms with Crippen molar-refractivity contribution in [1.82, 2.24) is 5.32 Å². The molecule has 0 heterocycles. The lowest BCUT2D eigenvalue weighted by atomic mass is 10.1. The Bertz CT molecular complexity index is 840. The quantitative estimate of drug-likeness (QED) is 0.695. The number of aryl methyl sites for hydroxylation is 1. The zero-order valence-corrected chi connectivity index (χ0v) is 14.7. The molecule has 1 amide bonds. The van der Waals surface area contributed by atoms with Crippen LogP contribution < -0.4 is 10.6 Å². The molecule has 2 rings (SSSR count). The van der Waals surface area contributed by atoms with Crippen LogP contribution in [0.25, 0.3) is 0 Å². The maximum Gasteiger partial charge on any atom is 0.335 e. The van der Waals surface area contributed by atoms with Gasteiger partial charge < -0.3 is 10.4 Å². The summed E-state index contributed by atoms with van der Waals surface area (Å²) in [4.78, 5) is 23.2. The van der Waals surface area contributed by atoms with Crippen LogP contribution in [0.3, 0.4) is 0 Å². The normalized spacial score (nSPS) is 10.1. The van der Waals surface area contributed by atoms with Crippen LogP contribution in [-0.2, 0) is 0 Å². The number of carboxylic acids is 1. The molecule has 3 N–H and O–H groups in total. The smallest absolute Gasteiger partial charge is 0.335 e. The number of hydrogen-bond donors (Lipinski definition) is 3.